The summed E-state index contributed by atoms with van der Waals surface area (Å²) in [5.74, 6) is -0.149. The molecule has 2 saturated heterocycles. The number of aliphatic hydroxyl groups is 1. The maximum Gasteiger partial charge on any atom is 0.249 e. The molecule has 2 aliphatic heterocycles. The molecule has 2 amide bonds. The minimum atomic E-state index is -1.06. The maximum absolute atomic E-state index is 13.2. The third kappa shape index (κ3) is 2.76. The molecule has 1 atom stereocenters. The van der Waals surface area contributed by atoms with Gasteiger partial charge in [0.1, 0.15) is 11.6 Å². The molecule has 3 fully saturated rings. The normalized spacial score (nSPS) is 29.8. The first-order chi connectivity index (χ1) is 11.0. The molecular weight excluding hydrogens is 294 g/mol. The molecule has 130 valence electrons. The quantitative estimate of drug-likeness (QED) is 0.705. The van der Waals surface area contributed by atoms with Gasteiger partial charge < -0.3 is 20.6 Å². The molecule has 6 nitrogen and oxygen atoms in total. The maximum atomic E-state index is 13.2. The Balaban J connectivity index is 1.89. The lowest BCUT2D eigenvalue weighted by molar-refractivity contribution is -0.167. The minimum absolute atomic E-state index is 0.0694. The second-order valence-electron chi connectivity index (χ2n) is 7.34. The number of nitrogens with zero attached hydrogens (tertiary/aromatic N) is 1. The van der Waals surface area contributed by atoms with Crippen LogP contribution < -0.4 is 10.6 Å². The van der Waals surface area contributed by atoms with Crippen LogP contribution in [-0.2, 0) is 9.59 Å². The number of carbonyl (C=O) groups excluding carboxylic acids is 2. The molecule has 0 aromatic rings. The SMILES string of the molecule is CCCCN1C(=O)[C@@H](C2(O)CCCC2)NC(=O)C12CCNCC2. The predicted molar refractivity (Wildman–Crippen MR) is 86.8 cm³/mol. The number of unbranched alkanes of at least 4 members (excludes halogenated alkanes) is 1. The fraction of sp³-hybridized carbons (Fsp3) is 0.882. The first-order valence-electron chi connectivity index (χ1n) is 9.09. The standard InChI is InChI=1S/C17H29N3O3/c1-2-3-12-20-14(21)13(17(23)6-4-5-7-17)19-15(22)16(20)8-10-18-11-9-16/h13,18,23H,2-12H2,1H3,(H,19,22)/t13-/m0/s1. The van der Waals surface area contributed by atoms with E-state index >= 15 is 0 Å². The third-order valence-corrected chi connectivity index (χ3v) is 5.90. The van der Waals surface area contributed by atoms with Gasteiger partial charge in [0.05, 0.1) is 5.60 Å². The van der Waals surface area contributed by atoms with Crippen molar-refractivity contribution in [3.63, 3.8) is 0 Å². The number of hydrogen-bond acceptors (Lipinski definition) is 4. The summed E-state index contributed by atoms with van der Waals surface area (Å²) in [6.07, 6.45) is 6.20. The van der Waals surface area contributed by atoms with Crippen molar-refractivity contribution < 1.29 is 14.7 Å². The topological polar surface area (TPSA) is 81.7 Å². The Morgan fingerprint density at radius 2 is 1.83 bits per heavy atom. The van der Waals surface area contributed by atoms with Gasteiger partial charge in [-0.1, -0.05) is 26.2 Å². The van der Waals surface area contributed by atoms with Crippen molar-refractivity contribution in [1.82, 2.24) is 15.5 Å². The van der Waals surface area contributed by atoms with Gasteiger partial charge in [0.2, 0.25) is 11.8 Å². The predicted octanol–water partition coefficient (Wildman–Crippen LogP) is 0.541. The van der Waals surface area contributed by atoms with E-state index < -0.39 is 17.2 Å². The Bertz CT molecular complexity index is 468. The van der Waals surface area contributed by atoms with Crippen LogP contribution in [0.5, 0.6) is 0 Å². The zero-order valence-electron chi connectivity index (χ0n) is 14.1. The second kappa shape index (κ2) is 6.40. The van der Waals surface area contributed by atoms with E-state index in [4.69, 9.17) is 0 Å². The molecule has 1 spiro atoms. The number of rotatable bonds is 4. The van der Waals surface area contributed by atoms with E-state index in [9.17, 15) is 14.7 Å². The van der Waals surface area contributed by atoms with E-state index in [2.05, 4.69) is 17.6 Å². The van der Waals surface area contributed by atoms with Gasteiger partial charge in [-0.25, -0.2) is 0 Å². The summed E-state index contributed by atoms with van der Waals surface area (Å²) in [6.45, 7) is 4.19. The van der Waals surface area contributed by atoms with Crippen molar-refractivity contribution in [2.45, 2.75) is 75.5 Å². The zero-order valence-corrected chi connectivity index (χ0v) is 14.1. The molecule has 2 heterocycles. The number of piperazine rings is 1. The van der Waals surface area contributed by atoms with Crippen molar-refractivity contribution in [3.8, 4) is 0 Å². The van der Waals surface area contributed by atoms with Crippen LogP contribution in [0.4, 0.5) is 0 Å². The number of nitrogens with one attached hydrogen (secondary N) is 2. The molecule has 1 saturated carbocycles. The van der Waals surface area contributed by atoms with E-state index in [1.165, 1.54) is 0 Å². The zero-order chi connectivity index (χ0) is 16.5. The van der Waals surface area contributed by atoms with E-state index in [1.54, 1.807) is 4.90 Å². The summed E-state index contributed by atoms with van der Waals surface area (Å²) < 4.78 is 0. The van der Waals surface area contributed by atoms with Gasteiger partial charge in [-0.05, 0) is 45.2 Å². The highest BCUT2D eigenvalue weighted by Gasteiger charge is 2.57. The second-order valence-corrected chi connectivity index (χ2v) is 7.34. The summed E-state index contributed by atoms with van der Waals surface area (Å²) in [4.78, 5) is 27.9. The highest BCUT2D eigenvalue weighted by atomic mass is 16.3. The average Bonchev–Trinajstić information content (AvgIpc) is 3.00. The van der Waals surface area contributed by atoms with Crippen LogP contribution in [0, 0.1) is 0 Å². The smallest absolute Gasteiger partial charge is 0.249 e. The van der Waals surface area contributed by atoms with Gasteiger partial charge in [0.15, 0.2) is 0 Å². The van der Waals surface area contributed by atoms with Gasteiger partial charge in [0.25, 0.3) is 0 Å². The van der Waals surface area contributed by atoms with E-state index in [0.29, 0.717) is 32.2 Å². The monoisotopic (exact) mass is 323 g/mol. The van der Waals surface area contributed by atoms with Crippen molar-refractivity contribution in [1.29, 1.82) is 0 Å². The fourth-order valence-corrected chi connectivity index (χ4v) is 4.43. The summed E-state index contributed by atoms with van der Waals surface area (Å²) in [6, 6.07) is -0.769. The van der Waals surface area contributed by atoms with Crippen molar-refractivity contribution in [2.75, 3.05) is 19.6 Å². The lowest BCUT2D eigenvalue weighted by Gasteiger charge is -2.52. The summed E-state index contributed by atoms with van der Waals surface area (Å²) in [7, 11) is 0. The molecule has 0 aromatic heterocycles. The van der Waals surface area contributed by atoms with Gasteiger partial charge in [-0.2, -0.15) is 0 Å². The minimum Gasteiger partial charge on any atom is -0.387 e. The van der Waals surface area contributed by atoms with Crippen molar-refractivity contribution in [3.05, 3.63) is 0 Å². The van der Waals surface area contributed by atoms with Crippen LogP contribution in [0.25, 0.3) is 0 Å². The first kappa shape index (κ1) is 16.7. The molecule has 3 N–H and O–H groups in total. The molecule has 0 radical (unpaired) electrons. The van der Waals surface area contributed by atoms with Gasteiger partial charge in [0, 0.05) is 6.54 Å². The molecule has 23 heavy (non-hydrogen) atoms. The molecule has 0 bridgehead atoms. The average molecular weight is 323 g/mol. The Morgan fingerprint density at radius 1 is 1.17 bits per heavy atom. The highest BCUT2D eigenvalue weighted by Crippen LogP contribution is 2.38. The lowest BCUT2D eigenvalue weighted by Crippen LogP contribution is -2.76. The van der Waals surface area contributed by atoms with Gasteiger partial charge in [-0.3, -0.25) is 9.59 Å². The van der Waals surface area contributed by atoms with Crippen molar-refractivity contribution >= 4 is 11.8 Å². The lowest BCUT2D eigenvalue weighted by atomic mass is 9.79. The fourth-order valence-electron chi connectivity index (χ4n) is 4.43. The largest absolute Gasteiger partial charge is 0.387 e. The summed E-state index contributed by atoms with van der Waals surface area (Å²) in [5, 5.41) is 17.0. The van der Waals surface area contributed by atoms with Crippen LogP contribution in [0.1, 0.15) is 58.3 Å². The van der Waals surface area contributed by atoms with Gasteiger partial charge >= 0.3 is 0 Å². The van der Waals surface area contributed by atoms with E-state index in [1.807, 2.05) is 0 Å². The van der Waals surface area contributed by atoms with E-state index in [-0.39, 0.29) is 11.8 Å². The summed E-state index contributed by atoms with van der Waals surface area (Å²) in [5.41, 5.74) is -1.78. The Morgan fingerprint density at radius 3 is 2.43 bits per heavy atom. The Labute approximate surface area is 138 Å². The highest BCUT2D eigenvalue weighted by molar-refractivity contribution is 6.00. The van der Waals surface area contributed by atoms with Gasteiger partial charge in [-0.15, -0.1) is 0 Å². The van der Waals surface area contributed by atoms with Crippen LogP contribution in [0.2, 0.25) is 0 Å². The van der Waals surface area contributed by atoms with Crippen LogP contribution in [0.3, 0.4) is 0 Å². The molecule has 0 unspecified atom stereocenters. The molecule has 6 heteroatoms. The number of hydrogen-bond donors (Lipinski definition) is 3. The Hall–Kier alpha value is -1.14. The number of carbonyl (C=O) groups is 2. The first-order valence-corrected chi connectivity index (χ1v) is 9.09. The molecule has 0 aromatic carbocycles. The third-order valence-electron chi connectivity index (χ3n) is 5.90. The molecule has 1 aliphatic carbocycles. The molecular formula is C17H29N3O3. The number of piperidine rings is 1. The molecule has 3 aliphatic rings. The van der Waals surface area contributed by atoms with E-state index in [0.717, 1.165) is 38.8 Å². The molecule has 3 rings (SSSR count). The van der Waals surface area contributed by atoms with Crippen LogP contribution in [0.15, 0.2) is 0 Å². The van der Waals surface area contributed by atoms with Crippen LogP contribution >= 0.6 is 0 Å². The van der Waals surface area contributed by atoms with Crippen molar-refractivity contribution in [2.24, 2.45) is 0 Å². The summed E-state index contributed by atoms with van der Waals surface area (Å²) >= 11 is 0. The number of amides is 2. The van der Waals surface area contributed by atoms with Crippen LogP contribution in [-0.4, -0.2) is 58.6 Å². The Kier molecular flexibility index (Phi) is 4.65.